The predicted octanol–water partition coefficient (Wildman–Crippen LogP) is 1.45. The number of carboxylic acids is 1. The highest BCUT2D eigenvalue weighted by Gasteiger charge is 2.49. The Hall–Kier alpha value is -1.85. The van der Waals surface area contributed by atoms with Gasteiger partial charge in [0.1, 0.15) is 16.9 Å². The van der Waals surface area contributed by atoms with E-state index in [1.807, 2.05) is 0 Å². The third kappa shape index (κ3) is 1.68. The molecule has 0 radical (unpaired) electrons. The first-order valence-corrected chi connectivity index (χ1v) is 5.99. The van der Waals surface area contributed by atoms with E-state index in [0.717, 1.165) is 0 Å². The van der Waals surface area contributed by atoms with Gasteiger partial charge in [0, 0.05) is 6.54 Å². The van der Waals surface area contributed by atoms with E-state index < -0.39 is 11.5 Å². The van der Waals surface area contributed by atoms with Gasteiger partial charge in [-0.05, 0) is 26.2 Å². The Morgan fingerprint density at radius 2 is 2.33 bits per heavy atom. The number of aliphatic carboxylic acids is 1. The van der Waals surface area contributed by atoms with E-state index in [4.69, 9.17) is 4.52 Å². The molecule has 1 amide bonds. The fourth-order valence-corrected chi connectivity index (χ4v) is 2.57. The van der Waals surface area contributed by atoms with Gasteiger partial charge in [-0.15, -0.1) is 0 Å². The molecule has 1 aliphatic heterocycles. The van der Waals surface area contributed by atoms with Crippen LogP contribution in [-0.4, -0.2) is 39.1 Å². The second kappa shape index (κ2) is 4.44. The normalized spacial score (nSPS) is 23.3. The Kier molecular flexibility index (Phi) is 3.11. The average Bonchev–Trinajstić information content (AvgIpc) is 2.94. The van der Waals surface area contributed by atoms with Crippen LogP contribution in [-0.2, 0) is 4.79 Å². The highest BCUT2D eigenvalue weighted by atomic mass is 16.5. The summed E-state index contributed by atoms with van der Waals surface area (Å²) in [5.41, 5.74) is -0.739. The highest BCUT2D eigenvalue weighted by molar-refractivity contribution is 5.98. The highest BCUT2D eigenvalue weighted by Crippen LogP contribution is 2.34. The minimum Gasteiger partial charge on any atom is -0.479 e. The molecule has 1 fully saturated rings. The molecular formula is C12H16N2O4. The van der Waals surface area contributed by atoms with Gasteiger partial charge in [0.05, 0.1) is 6.20 Å². The Morgan fingerprint density at radius 1 is 1.61 bits per heavy atom. The Labute approximate surface area is 105 Å². The lowest BCUT2D eigenvalue weighted by Gasteiger charge is -2.33. The summed E-state index contributed by atoms with van der Waals surface area (Å²) in [4.78, 5) is 25.3. The summed E-state index contributed by atoms with van der Waals surface area (Å²) in [7, 11) is 0. The van der Waals surface area contributed by atoms with Crippen LogP contribution in [0.3, 0.4) is 0 Å². The van der Waals surface area contributed by atoms with E-state index in [1.165, 1.54) is 11.1 Å². The number of hydrogen-bond donors (Lipinski definition) is 1. The lowest BCUT2D eigenvalue weighted by molar-refractivity contribution is -0.148. The summed E-state index contributed by atoms with van der Waals surface area (Å²) < 4.78 is 4.86. The largest absolute Gasteiger partial charge is 0.479 e. The summed E-state index contributed by atoms with van der Waals surface area (Å²) in [6, 6.07) is 0. The predicted molar refractivity (Wildman–Crippen MR) is 62.2 cm³/mol. The third-order valence-corrected chi connectivity index (χ3v) is 3.70. The van der Waals surface area contributed by atoms with Crippen LogP contribution in [0.1, 0.15) is 42.3 Å². The van der Waals surface area contributed by atoms with Crippen LogP contribution in [0.5, 0.6) is 0 Å². The Balaban J connectivity index is 2.35. The minimum absolute atomic E-state index is 0.310. The first-order valence-electron chi connectivity index (χ1n) is 5.99. The molecule has 0 bridgehead atoms. The van der Waals surface area contributed by atoms with Gasteiger partial charge in [-0.1, -0.05) is 12.1 Å². The van der Waals surface area contributed by atoms with Crippen LogP contribution in [0.4, 0.5) is 0 Å². The maximum absolute atomic E-state index is 12.4. The zero-order valence-electron chi connectivity index (χ0n) is 10.5. The quantitative estimate of drug-likeness (QED) is 0.880. The minimum atomic E-state index is -1.08. The van der Waals surface area contributed by atoms with Gasteiger partial charge in [0.15, 0.2) is 0 Å². The van der Waals surface area contributed by atoms with Crippen LogP contribution >= 0.6 is 0 Å². The van der Waals surface area contributed by atoms with Crippen LogP contribution in [0.2, 0.25) is 0 Å². The zero-order chi connectivity index (χ0) is 13.3. The molecule has 98 valence electrons. The van der Waals surface area contributed by atoms with Crippen molar-refractivity contribution < 1.29 is 19.2 Å². The van der Waals surface area contributed by atoms with Crippen LogP contribution in [0, 0.1) is 6.92 Å². The Bertz CT molecular complexity index is 482. The van der Waals surface area contributed by atoms with Gasteiger partial charge < -0.3 is 14.5 Å². The van der Waals surface area contributed by atoms with Gasteiger partial charge in [-0.3, -0.25) is 4.79 Å². The molecular weight excluding hydrogens is 236 g/mol. The number of carbonyl (C=O) groups is 2. The fourth-order valence-electron chi connectivity index (χ4n) is 2.57. The molecule has 2 rings (SSSR count). The molecule has 2 heterocycles. The fraction of sp³-hybridized carbons (Fsp3) is 0.583. The molecule has 6 heteroatoms. The molecule has 1 saturated heterocycles. The topological polar surface area (TPSA) is 83.6 Å². The Morgan fingerprint density at radius 3 is 2.83 bits per heavy atom. The first kappa shape index (κ1) is 12.6. The first-order chi connectivity index (χ1) is 8.53. The monoisotopic (exact) mass is 252 g/mol. The molecule has 0 aromatic carbocycles. The average molecular weight is 252 g/mol. The van der Waals surface area contributed by atoms with E-state index in [2.05, 4.69) is 5.16 Å². The molecule has 1 atom stereocenters. The van der Waals surface area contributed by atoms with Gasteiger partial charge in [0.25, 0.3) is 5.91 Å². The molecule has 1 N–H and O–H groups in total. The third-order valence-electron chi connectivity index (χ3n) is 3.70. The molecule has 0 saturated carbocycles. The van der Waals surface area contributed by atoms with Crippen molar-refractivity contribution >= 4 is 11.9 Å². The number of carbonyl (C=O) groups excluding carboxylic acids is 1. The van der Waals surface area contributed by atoms with Crippen molar-refractivity contribution in [2.24, 2.45) is 0 Å². The van der Waals surface area contributed by atoms with E-state index in [9.17, 15) is 14.7 Å². The summed E-state index contributed by atoms with van der Waals surface area (Å²) in [5.74, 6) is -0.831. The van der Waals surface area contributed by atoms with Crippen molar-refractivity contribution in [1.29, 1.82) is 0 Å². The van der Waals surface area contributed by atoms with Crippen molar-refractivity contribution in [2.75, 3.05) is 6.54 Å². The number of carboxylic acid groups (broad SMARTS) is 1. The summed E-state index contributed by atoms with van der Waals surface area (Å²) >= 11 is 0. The molecule has 0 spiro atoms. The van der Waals surface area contributed by atoms with E-state index in [0.29, 0.717) is 37.1 Å². The molecule has 6 nitrogen and oxygen atoms in total. The van der Waals surface area contributed by atoms with Gasteiger partial charge in [0.2, 0.25) is 0 Å². The molecule has 1 aliphatic rings. The lowest BCUT2D eigenvalue weighted by atomic mass is 9.92. The standard InChI is InChI=1S/C12H16N2O4/c1-3-12(11(16)17)5-4-6-14(12)10(15)9-7-13-18-8(9)2/h7H,3-6H2,1-2H3,(H,16,17). The van der Waals surface area contributed by atoms with Crippen molar-refractivity contribution in [3.63, 3.8) is 0 Å². The van der Waals surface area contributed by atoms with Crippen LogP contribution in [0.15, 0.2) is 10.7 Å². The molecule has 1 aromatic heterocycles. The van der Waals surface area contributed by atoms with Crippen LogP contribution in [0.25, 0.3) is 0 Å². The lowest BCUT2D eigenvalue weighted by Crippen LogP contribution is -2.52. The number of aromatic nitrogens is 1. The van der Waals surface area contributed by atoms with Gasteiger partial charge in [-0.25, -0.2) is 4.79 Å². The van der Waals surface area contributed by atoms with E-state index >= 15 is 0 Å². The summed E-state index contributed by atoms with van der Waals surface area (Å²) in [5, 5.41) is 13.0. The summed E-state index contributed by atoms with van der Waals surface area (Å²) in [6.07, 6.45) is 2.95. The zero-order valence-corrected chi connectivity index (χ0v) is 10.5. The second-order valence-corrected chi connectivity index (χ2v) is 4.55. The molecule has 1 unspecified atom stereocenters. The number of nitrogens with zero attached hydrogens (tertiary/aromatic N) is 2. The van der Waals surface area contributed by atoms with E-state index in [-0.39, 0.29) is 5.91 Å². The van der Waals surface area contributed by atoms with Crippen molar-refractivity contribution in [3.05, 3.63) is 17.5 Å². The number of aryl methyl sites for hydroxylation is 1. The number of hydrogen-bond acceptors (Lipinski definition) is 4. The molecule has 0 aliphatic carbocycles. The molecule has 1 aromatic rings. The smallest absolute Gasteiger partial charge is 0.329 e. The number of likely N-dealkylation sites (tertiary alicyclic amines) is 1. The maximum Gasteiger partial charge on any atom is 0.329 e. The number of amides is 1. The van der Waals surface area contributed by atoms with E-state index in [1.54, 1.807) is 13.8 Å². The number of rotatable bonds is 3. The SMILES string of the molecule is CCC1(C(=O)O)CCCN1C(=O)c1cnoc1C. The molecule has 18 heavy (non-hydrogen) atoms. The van der Waals surface area contributed by atoms with Crippen LogP contribution < -0.4 is 0 Å². The van der Waals surface area contributed by atoms with Crippen molar-refractivity contribution in [3.8, 4) is 0 Å². The second-order valence-electron chi connectivity index (χ2n) is 4.55. The van der Waals surface area contributed by atoms with Crippen molar-refractivity contribution in [1.82, 2.24) is 10.1 Å². The van der Waals surface area contributed by atoms with Gasteiger partial charge >= 0.3 is 5.97 Å². The maximum atomic E-state index is 12.4. The van der Waals surface area contributed by atoms with Crippen molar-refractivity contribution in [2.45, 2.75) is 38.6 Å². The summed E-state index contributed by atoms with van der Waals surface area (Å²) in [6.45, 7) is 3.90. The van der Waals surface area contributed by atoms with Gasteiger partial charge in [-0.2, -0.15) is 0 Å².